The Labute approximate surface area is 157 Å². The van der Waals surface area contributed by atoms with Crippen molar-refractivity contribution in [3.05, 3.63) is 39.7 Å². The predicted molar refractivity (Wildman–Crippen MR) is 101 cm³/mol. The molecule has 0 radical (unpaired) electrons. The van der Waals surface area contributed by atoms with Gasteiger partial charge in [0.25, 0.3) is 0 Å². The minimum absolute atomic E-state index is 0.0854. The number of aliphatic hydroxyl groups excluding tert-OH is 1. The number of carbonyl (C=O) groups is 1. The lowest BCUT2D eigenvalue weighted by atomic mass is 10.0. The van der Waals surface area contributed by atoms with Crippen molar-refractivity contribution in [2.45, 2.75) is 51.0 Å². The van der Waals surface area contributed by atoms with Crippen LogP contribution in [0.3, 0.4) is 0 Å². The topological polar surface area (TPSA) is 80.0 Å². The summed E-state index contributed by atoms with van der Waals surface area (Å²) in [6.07, 6.45) is 5.60. The fourth-order valence-electron chi connectivity index (χ4n) is 4.09. The van der Waals surface area contributed by atoms with Gasteiger partial charge < -0.3 is 19.2 Å². The number of nitrogens with zero attached hydrogens (tertiary/aromatic N) is 1. The van der Waals surface area contributed by atoms with Crippen molar-refractivity contribution in [1.82, 2.24) is 4.90 Å². The molecule has 6 heteroatoms. The van der Waals surface area contributed by atoms with Crippen molar-refractivity contribution in [2.75, 3.05) is 19.7 Å². The number of aliphatic hydroxyl groups is 1. The first-order chi connectivity index (χ1) is 13.1. The summed E-state index contributed by atoms with van der Waals surface area (Å²) >= 11 is 0. The van der Waals surface area contributed by atoms with Gasteiger partial charge in [-0.05, 0) is 49.8 Å². The van der Waals surface area contributed by atoms with E-state index in [0.717, 1.165) is 55.0 Å². The van der Waals surface area contributed by atoms with Crippen LogP contribution < -0.4 is 10.4 Å². The van der Waals surface area contributed by atoms with Gasteiger partial charge in [0.05, 0.1) is 0 Å². The summed E-state index contributed by atoms with van der Waals surface area (Å²) in [5.41, 5.74) is 2.21. The number of hydrogen-bond acceptors (Lipinski definition) is 5. The number of rotatable bonds is 5. The summed E-state index contributed by atoms with van der Waals surface area (Å²) in [6, 6.07) is 5.50. The zero-order valence-corrected chi connectivity index (χ0v) is 15.4. The second kappa shape index (κ2) is 7.72. The molecule has 1 atom stereocenters. The first kappa shape index (κ1) is 18.0. The fourth-order valence-corrected chi connectivity index (χ4v) is 4.09. The molecule has 1 N–H and O–H groups in total. The summed E-state index contributed by atoms with van der Waals surface area (Å²) in [7, 11) is 0. The molecular formula is C21H25NO5. The number of benzene rings is 1. The Bertz CT molecular complexity index is 903. The van der Waals surface area contributed by atoms with E-state index in [2.05, 4.69) is 0 Å². The molecule has 6 nitrogen and oxygen atoms in total. The van der Waals surface area contributed by atoms with Crippen LogP contribution >= 0.6 is 0 Å². The molecule has 4 rings (SSSR count). The smallest absolute Gasteiger partial charge is 0.339 e. The molecule has 0 saturated carbocycles. The highest BCUT2D eigenvalue weighted by atomic mass is 16.5. The van der Waals surface area contributed by atoms with Gasteiger partial charge >= 0.3 is 5.63 Å². The minimum Gasteiger partial charge on any atom is -0.491 e. The second-order valence-corrected chi connectivity index (χ2v) is 7.47. The highest BCUT2D eigenvalue weighted by Crippen LogP contribution is 2.28. The molecular weight excluding hydrogens is 346 g/mol. The number of ether oxygens (including phenoxy) is 1. The summed E-state index contributed by atoms with van der Waals surface area (Å²) in [5, 5.41) is 11.1. The Morgan fingerprint density at radius 3 is 2.67 bits per heavy atom. The van der Waals surface area contributed by atoms with Gasteiger partial charge in [0.1, 0.15) is 24.0 Å². The summed E-state index contributed by atoms with van der Waals surface area (Å²) in [4.78, 5) is 25.7. The van der Waals surface area contributed by atoms with E-state index in [9.17, 15) is 14.7 Å². The average molecular weight is 371 g/mol. The molecule has 1 aliphatic heterocycles. The number of aryl methyl sites for hydroxylation is 1. The van der Waals surface area contributed by atoms with Gasteiger partial charge in [-0.2, -0.15) is 0 Å². The second-order valence-electron chi connectivity index (χ2n) is 7.47. The minimum atomic E-state index is -0.748. The maximum atomic E-state index is 12.3. The Hall–Kier alpha value is -2.34. The summed E-state index contributed by atoms with van der Waals surface area (Å²) in [6.45, 7) is 1.07. The summed E-state index contributed by atoms with van der Waals surface area (Å²) < 4.78 is 11.2. The third kappa shape index (κ3) is 3.86. The molecule has 1 aromatic heterocycles. The molecule has 2 heterocycles. The predicted octanol–water partition coefficient (Wildman–Crippen LogP) is 2.42. The van der Waals surface area contributed by atoms with Crippen LogP contribution in [0.25, 0.3) is 11.0 Å². The normalized spacial score (nSPS) is 18.4. The molecule has 1 fully saturated rings. The Morgan fingerprint density at radius 1 is 1.07 bits per heavy atom. The Kier molecular flexibility index (Phi) is 5.16. The molecule has 1 amide bonds. The lowest BCUT2D eigenvalue weighted by Gasteiger charge is -2.20. The lowest BCUT2D eigenvalue weighted by Crippen LogP contribution is -2.36. The molecule has 0 bridgehead atoms. The van der Waals surface area contributed by atoms with Gasteiger partial charge in [-0.3, -0.25) is 4.79 Å². The number of amides is 1. The third-order valence-electron chi connectivity index (χ3n) is 5.49. The van der Waals surface area contributed by atoms with Crippen LogP contribution in [0.2, 0.25) is 0 Å². The molecule has 1 aromatic carbocycles. The van der Waals surface area contributed by atoms with Crippen LogP contribution in [0.4, 0.5) is 0 Å². The number of fused-ring (bicyclic) bond motifs is 3. The zero-order valence-electron chi connectivity index (χ0n) is 15.4. The molecule has 1 saturated heterocycles. The van der Waals surface area contributed by atoms with Crippen molar-refractivity contribution in [2.24, 2.45) is 0 Å². The van der Waals surface area contributed by atoms with E-state index >= 15 is 0 Å². The SMILES string of the molecule is O=C1CCCN1CC(O)COc1ccc2c3c(c(=O)oc2c1)CCCCC3. The van der Waals surface area contributed by atoms with Crippen LogP contribution in [-0.4, -0.2) is 41.7 Å². The van der Waals surface area contributed by atoms with E-state index in [1.165, 1.54) is 0 Å². The molecule has 1 aliphatic carbocycles. The zero-order chi connectivity index (χ0) is 18.8. The van der Waals surface area contributed by atoms with E-state index in [1.54, 1.807) is 11.0 Å². The van der Waals surface area contributed by atoms with Crippen molar-refractivity contribution >= 4 is 16.9 Å². The highest BCUT2D eigenvalue weighted by molar-refractivity contribution is 5.82. The standard InChI is InChI=1S/C21H25NO5/c23-14(12-22-10-4-7-20(22)24)13-26-15-8-9-17-16-5-2-1-3-6-18(16)21(25)27-19(17)11-15/h8-9,11,14,23H,1-7,10,12-13H2. The van der Waals surface area contributed by atoms with Crippen molar-refractivity contribution in [3.8, 4) is 5.75 Å². The van der Waals surface area contributed by atoms with E-state index in [-0.39, 0.29) is 24.7 Å². The Balaban J connectivity index is 1.48. The molecule has 0 spiro atoms. The highest BCUT2D eigenvalue weighted by Gasteiger charge is 2.23. The van der Waals surface area contributed by atoms with Gasteiger partial charge in [0.2, 0.25) is 5.91 Å². The van der Waals surface area contributed by atoms with Gasteiger partial charge in [0, 0.05) is 36.5 Å². The van der Waals surface area contributed by atoms with E-state index in [1.807, 2.05) is 12.1 Å². The van der Waals surface area contributed by atoms with E-state index < -0.39 is 6.10 Å². The molecule has 2 aromatic rings. The van der Waals surface area contributed by atoms with Crippen LogP contribution in [0.1, 0.15) is 43.2 Å². The first-order valence-electron chi connectivity index (χ1n) is 9.79. The van der Waals surface area contributed by atoms with Gasteiger partial charge in [0.15, 0.2) is 0 Å². The number of carbonyl (C=O) groups excluding carboxylic acids is 1. The largest absolute Gasteiger partial charge is 0.491 e. The first-order valence-corrected chi connectivity index (χ1v) is 9.79. The van der Waals surface area contributed by atoms with Gasteiger partial charge in [-0.15, -0.1) is 0 Å². The van der Waals surface area contributed by atoms with Crippen LogP contribution in [0, 0.1) is 0 Å². The molecule has 2 aliphatic rings. The third-order valence-corrected chi connectivity index (χ3v) is 5.49. The number of hydrogen-bond donors (Lipinski definition) is 1. The van der Waals surface area contributed by atoms with Gasteiger partial charge in [-0.25, -0.2) is 4.79 Å². The van der Waals surface area contributed by atoms with E-state index in [0.29, 0.717) is 24.3 Å². The molecule has 144 valence electrons. The summed E-state index contributed by atoms with van der Waals surface area (Å²) in [5.74, 6) is 0.633. The van der Waals surface area contributed by atoms with E-state index in [4.69, 9.17) is 9.15 Å². The van der Waals surface area contributed by atoms with Crippen molar-refractivity contribution in [1.29, 1.82) is 0 Å². The number of likely N-dealkylation sites (tertiary alicyclic amines) is 1. The maximum absolute atomic E-state index is 12.3. The molecule has 27 heavy (non-hydrogen) atoms. The lowest BCUT2D eigenvalue weighted by molar-refractivity contribution is -0.129. The molecule has 1 unspecified atom stereocenters. The Morgan fingerprint density at radius 2 is 1.89 bits per heavy atom. The quantitative estimate of drug-likeness (QED) is 0.645. The van der Waals surface area contributed by atoms with Crippen molar-refractivity contribution in [3.63, 3.8) is 0 Å². The maximum Gasteiger partial charge on any atom is 0.339 e. The van der Waals surface area contributed by atoms with Crippen LogP contribution in [-0.2, 0) is 17.6 Å². The van der Waals surface area contributed by atoms with Crippen LogP contribution in [0.15, 0.2) is 27.4 Å². The monoisotopic (exact) mass is 371 g/mol. The average Bonchev–Trinajstić information content (AvgIpc) is 2.91. The fraction of sp³-hybridized carbons (Fsp3) is 0.524. The number of β-amino-alcohol motifs (C(OH)–C–C–N with tert-alkyl or cyclic N) is 1. The van der Waals surface area contributed by atoms with Crippen molar-refractivity contribution < 1.29 is 19.1 Å². The van der Waals surface area contributed by atoms with Gasteiger partial charge in [-0.1, -0.05) is 6.42 Å². The van der Waals surface area contributed by atoms with Crippen LogP contribution in [0.5, 0.6) is 5.75 Å².